The van der Waals surface area contributed by atoms with E-state index in [1.807, 2.05) is 13.1 Å². The zero-order valence-corrected chi connectivity index (χ0v) is 16.8. The van der Waals surface area contributed by atoms with Gasteiger partial charge in [0.15, 0.2) is 0 Å². The first-order valence-corrected chi connectivity index (χ1v) is 10.2. The molecule has 4 heterocycles. The number of rotatable bonds is 5. The van der Waals surface area contributed by atoms with E-state index in [1.54, 1.807) is 0 Å². The molecule has 2 aliphatic rings. The molecule has 150 valence electrons. The summed E-state index contributed by atoms with van der Waals surface area (Å²) in [6.07, 6.45) is 4.79. The molecule has 1 amide bonds. The van der Waals surface area contributed by atoms with E-state index in [-0.39, 0.29) is 11.8 Å². The Morgan fingerprint density at radius 3 is 2.96 bits per heavy atom. The van der Waals surface area contributed by atoms with Crippen molar-refractivity contribution in [2.75, 3.05) is 24.5 Å². The third-order valence-electron chi connectivity index (χ3n) is 5.78. The van der Waals surface area contributed by atoms with Gasteiger partial charge in [0.05, 0.1) is 30.4 Å². The SMILES string of the molecule is CCc1cnc(C)nc1N1CCn2nc(CN3CCCC(C(N)=O)C3)cc2C1. The normalized spacial score (nSPS) is 20.2. The number of nitrogens with two attached hydrogens (primary N) is 1. The fourth-order valence-corrected chi connectivity index (χ4v) is 4.25. The topological polar surface area (TPSA) is 93.2 Å². The minimum absolute atomic E-state index is 0.0325. The summed E-state index contributed by atoms with van der Waals surface area (Å²) >= 11 is 0. The molecule has 2 N–H and O–H groups in total. The molecule has 0 spiro atoms. The zero-order chi connectivity index (χ0) is 19.7. The Hall–Kier alpha value is -2.48. The van der Waals surface area contributed by atoms with Gasteiger partial charge in [-0.15, -0.1) is 0 Å². The van der Waals surface area contributed by atoms with Crippen LogP contribution in [0.3, 0.4) is 0 Å². The molecule has 4 rings (SSSR count). The van der Waals surface area contributed by atoms with Crippen molar-refractivity contribution in [3.63, 3.8) is 0 Å². The minimum Gasteiger partial charge on any atom is -0.369 e. The van der Waals surface area contributed by atoms with Crippen LogP contribution in [0.2, 0.25) is 0 Å². The van der Waals surface area contributed by atoms with Crippen molar-refractivity contribution in [3.05, 3.63) is 35.0 Å². The number of hydrogen-bond donors (Lipinski definition) is 1. The van der Waals surface area contributed by atoms with Crippen LogP contribution in [-0.2, 0) is 30.8 Å². The Balaban J connectivity index is 1.47. The summed E-state index contributed by atoms with van der Waals surface area (Å²) < 4.78 is 2.11. The fourth-order valence-electron chi connectivity index (χ4n) is 4.25. The van der Waals surface area contributed by atoms with Crippen molar-refractivity contribution in [2.24, 2.45) is 11.7 Å². The lowest BCUT2D eigenvalue weighted by atomic mass is 9.97. The van der Waals surface area contributed by atoms with Crippen molar-refractivity contribution in [3.8, 4) is 0 Å². The van der Waals surface area contributed by atoms with Gasteiger partial charge in [0.25, 0.3) is 0 Å². The molecule has 1 saturated heterocycles. The number of hydrogen-bond acceptors (Lipinski definition) is 6. The number of carbonyl (C=O) groups excluding carboxylic acids is 1. The Kier molecular flexibility index (Phi) is 5.30. The Morgan fingerprint density at radius 2 is 2.18 bits per heavy atom. The van der Waals surface area contributed by atoms with Crippen LogP contribution in [0.1, 0.15) is 42.5 Å². The van der Waals surface area contributed by atoms with Crippen molar-refractivity contribution < 1.29 is 4.79 Å². The predicted octanol–water partition coefficient (Wildman–Crippen LogP) is 1.26. The molecular formula is C20H29N7O. The van der Waals surface area contributed by atoms with Crippen molar-refractivity contribution >= 4 is 11.7 Å². The highest BCUT2D eigenvalue weighted by atomic mass is 16.1. The van der Waals surface area contributed by atoms with Crippen molar-refractivity contribution in [2.45, 2.75) is 52.7 Å². The van der Waals surface area contributed by atoms with Gasteiger partial charge in [-0.1, -0.05) is 6.92 Å². The fraction of sp³-hybridized carbons (Fsp3) is 0.600. The van der Waals surface area contributed by atoms with Crippen LogP contribution in [0.25, 0.3) is 0 Å². The molecule has 2 aromatic heterocycles. The number of likely N-dealkylation sites (tertiary alicyclic amines) is 1. The van der Waals surface area contributed by atoms with E-state index < -0.39 is 0 Å². The van der Waals surface area contributed by atoms with Crippen LogP contribution in [0.4, 0.5) is 5.82 Å². The maximum atomic E-state index is 11.5. The second kappa shape index (κ2) is 7.87. The molecule has 8 nitrogen and oxygen atoms in total. The van der Waals surface area contributed by atoms with Crippen molar-refractivity contribution in [1.82, 2.24) is 24.6 Å². The Morgan fingerprint density at radius 1 is 1.32 bits per heavy atom. The molecule has 2 aromatic rings. The lowest BCUT2D eigenvalue weighted by Crippen LogP contribution is -2.40. The van der Waals surface area contributed by atoms with E-state index in [4.69, 9.17) is 15.8 Å². The number of anilines is 1. The molecule has 28 heavy (non-hydrogen) atoms. The predicted molar refractivity (Wildman–Crippen MR) is 107 cm³/mol. The van der Waals surface area contributed by atoms with E-state index in [1.165, 1.54) is 11.3 Å². The van der Waals surface area contributed by atoms with Crippen LogP contribution >= 0.6 is 0 Å². The molecule has 1 fully saturated rings. The van der Waals surface area contributed by atoms with E-state index in [0.717, 1.165) is 75.9 Å². The molecule has 0 aromatic carbocycles. The monoisotopic (exact) mass is 383 g/mol. The second-order valence-electron chi connectivity index (χ2n) is 7.87. The van der Waals surface area contributed by atoms with E-state index in [0.29, 0.717) is 0 Å². The van der Waals surface area contributed by atoms with E-state index in [2.05, 4.69) is 32.5 Å². The first-order valence-electron chi connectivity index (χ1n) is 10.2. The summed E-state index contributed by atoms with van der Waals surface area (Å²) in [4.78, 5) is 25.2. The van der Waals surface area contributed by atoms with Gasteiger partial charge in [-0.3, -0.25) is 14.4 Å². The van der Waals surface area contributed by atoms with Gasteiger partial charge in [-0.25, -0.2) is 9.97 Å². The average Bonchev–Trinajstić information content (AvgIpc) is 3.09. The van der Waals surface area contributed by atoms with Crippen molar-refractivity contribution in [1.29, 1.82) is 0 Å². The van der Waals surface area contributed by atoms with Gasteiger partial charge in [-0.2, -0.15) is 5.10 Å². The summed E-state index contributed by atoms with van der Waals surface area (Å²) in [5.41, 5.74) is 8.97. The maximum Gasteiger partial charge on any atom is 0.221 e. The molecule has 1 atom stereocenters. The Bertz CT molecular complexity index is 862. The third kappa shape index (κ3) is 3.87. The first-order chi connectivity index (χ1) is 13.5. The number of nitrogens with zero attached hydrogens (tertiary/aromatic N) is 6. The number of aryl methyl sites for hydroxylation is 2. The third-order valence-corrected chi connectivity index (χ3v) is 5.78. The maximum absolute atomic E-state index is 11.5. The summed E-state index contributed by atoms with van der Waals surface area (Å²) in [6, 6.07) is 2.19. The summed E-state index contributed by atoms with van der Waals surface area (Å²) in [5, 5.41) is 4.80. The van der Waals surface area contributed by atoms with Gasteiger partial charge >= 0.3 is 0 Å². The highest BCUT2D eigenvalue weighted by Gasteiger charge is 2.26. The summed E-state index contributed by atoms with van der Waals surface area (Å²) in [7, 11) is 0. The molecule has 1 unspecified atom stereocenters. The number of carbonyl (C=O) groups is 1. The minimum atomic E-state index is -0.184. The van der Waals surface area contributed by atoms with E-state index >= 15 is 0 Å². The molecule has 0 aliphatic carbocycles. The van der Waals surface area contributed by atoms with Crippen LogP contribution in [0.5, 0.6) is 0 Å². The van der Waals surface area contributed by atoms with Crippen LogP contribution in [0, 0.1) is 12.8 Å². The number of amides is 1. The highest BCUT2D eigenvalue weighted by Crippen LogP contribution is 2.24. The second-order valence-corrected chi connectivity index (χ2v) is 7.87. The zero-order valence-electron chi connectivity index (χ0n) is 16.8. The molecule has 0 radical (unpaired) electrons. The summed E-state index contributed by atoms with van der Waals surface area (Å²) in [5.74, 6) is 1.64. The van der Waals surface area contributed by atoms with E-state index in [9.17, 15) is 4.79 Å². The molecule has 0 bridgehead atoms. The van der Waals surface area contributed by atoms with Gasteiger partial charge in [-0.05, 0) is 38.8 Å². The standard InChI is InChI=1S/C20H29N7O/c1-3-15-10-22-14(2)23-20(15)26-7-8-27-18(13-26)9-17(24-27)12-25-6-4-5-16(11-25)19(21)28/h9-10,16H,3-8,11-13H2,1-2H3,(H2,21,28). The largest absolute Gasteiger partial charge is 0.369 e. The van der Waals surface area contributed by atoms with Gasteiger partial charge < -0.3 is 10.6 Å². The number of piperidine rings is 1. The number of aromatic nitrogens is 4. The highest BCUT2D eigenvalue weighted by molar-refractivity contribution is 5.76. The Labute approximate surface area is 165 Å². The van der Waals surface area contributed by atoms with Crippen LogP contribution in [0.15, 0.2) is 12.3 Å². The molecule has 0 saturated carbocycles. The average molecular weight is 384 g/mol. The smallest absolute Gasteiger partial charge is 0.221 e. The molecular weight excluding hydrogens is 354 g/mol. The molecule has 8 heteroatoms. The quantitative estimate of drug-likeness (QED) is 0.836. The number of primary amides is 1. The van der Waals surface area contributed by atoms with Crippen LogP contribution < -0.4 is 10.6 Å². The van der Waals surface area contributed by atoms with Gasteiger partial charge in [0.1, 0.15) is 11.6 Å². The number of fused-ring (bicyclic) bond motifs is 1. The first kappa shape index (κ1) is 18.9. The summed E-state index contributed by atoms with van der Waals surface area (Å²) in [6.45, 7) is 9.14. The van der Waals surface area contributed by atoms with Gasteiger partial charge in [0.2, 0.25) is 5.91 Å². The lowest BCUT2D eigenvalue weighted by molar-refractivity contribution is -0.123. The lowest BCUT2D eigenvalue weighted by Gasteiger charge is -2.30. The molecule has 2 aliphatic heterocycles. The van der Waals surface area contributed by atoms with Gasteiger partial charge in [0, 0.05) is 31.4 Å². The van der Waals surface area contributed by atoms with Crippen LogP contribution in [-0.4, -0.2) is 50.2 Å².